The van der Waals surface area contributed by atoms with Crippen LogP contribution in [0.3, 0.4) is 0 Å². The topological polar surface area (TPSA) is 18.5 Å². The lowest BCUT2D eigenvalue weighted by atomic mass is 9.97. The molecule has 0 aliphatic carbocycles. The van der Waals surface area contributed by atoms with Crippen molar-refractivity contribution in [2.24, 2.45) is 0 Å². The maximum atomic E-state index is 15.0. The van der Waals surface area contributed by atoms with Gasteiger partial charge in [-0.2, -0.15) is 17.6 Å². The molecule has 8 aromatic rings. The van der Waals surface area contributed by atoms with Crippen LogP contribution in [0.2, 0.25) is 0 Å². The molecule has 0 aliphatic heterocycles. The van der Waals surface area contributed by atoms with Crippen molar-refractivity contribution in [1.82, 2.24) is 0 Å². The lowest BCUT2D eigenvalue weighted by Crippen LogP contribution is -2.25. The van der Waals surface area contributed by atoms with Crippen LogP contribution in [0.25, 0.3) is 44.5 Å². The van der Waals surface area contributed by atoms with Crippen molar-refractivity contribution in [3.8, 4) is 56.0 Å². The molecular formula is C59H45F15O2. The van der Waals surface area contributed by atoms with E-state index >= 15 is 0 Å². The Balaban J connectivity index is 0.000000244. The molecule has 8 aromatic carbocycles. The average molecular weight is 1070 g/mol. The minimum Gasteiger partial charge on any atom is -0.429 e. The predicted octanol–water partition coefficient (Wildman–Crippen LogP) is 19.1. The number of rotatable bonds is 15. The second-order valence-electron chi connectivity index (χ2n) is 17.2. The van der Waals surface area contributed by atoms with E-state index in [4.69, 9.17) is 0 Å². The Morgan fingerprint density at radius 1 is 0.355 bits per heavy atom. The summed E-state index contributed by atoms with van der Waals surface area (Å²) in [4.78, 5) is 0. The molecule has 0 N–H and O–H groups in total. The highest BCUT2D eigenvalue weighted by Gasteiger charge is 2.43. The van der Waals surface area contributed by atoms with Crippen molar-refractivity contribution in [1.29, 1.82) is 0 Å². The molecule has 17 heteroatoms. The molecule has 0 aliphatic rings. The third kappa shape index (κ3) is 13.0. The van der Waals surface area contributed by atoms with Gasteiger partial charge in [0, 0.05) is 41.0 Å². The van der Waals surface area contributed by atoms with Crippen LogP contribution in [0.5, 0.6) is 11.5 Å². The van der Waals surface area contributed by atoms with Gasteiger partial charge in [-0.1, -0.05) is 107 Å². The van der Waals surface area contributed by atoms with Gasteiger partial charge in [-0.3, -0.25) is 0 Å². The molecule has 0 fully saturated rings. The molecule has 0 bridgehead atoms. The summed E-state index contributed by atoms with van der Waals surface area (Å²) in [6, 6.07) is 26.2. The lowest BCUT2D eigenvalue weighted by Gasteiger charge is -2.20. The predicted molar refractivity (Wildman–Crippen MR) is 260 cm³/mol. The van der Waals surface area contributed by atoms with Gasteiger partial charge < -0.3 is 9.47 Å². The summed E-state index contributed by atoms with van der Waals surface area (Å²) in [7, 11) is 0. The molecule has 0 saturated carbocycles. The van der Waals surface area contributed by atoms with Crippen LogP contribution in [0.15, 0.2) is 133 Å². The Hall–Kier alpha value is -7.69. The van der Waals surface area contributed by atoms with E-state index in [1.807, 2.05) is 55.5 Å². The van der Waals surface area contributed by atoms with E-state index in [0.29, 0.717) is 53.1 Å². The van der Waals surface area contributed by atoms with Gasteiger partial charge in [-0.15, -0.1) is 0 Å². The second kappa shape index (κ2) is 23.9. The molecule has 0 saturated heterocycles. The number of alkyl halides is 4. The highest BCUT2D eigenvalue weighted by atomic mass is 19.3. The van der Waals surface area contributed by atoms with Crippen molar-refractivity contribution < 1.29 is 75.3 Å². The first-order valence-electron chi connectivity index (χ1n) is 23.0. The summed E-state index contributed by atoms with van der Waals surface area (Å²) in [6.45, 7) is 5.22. The molecule has 0 unspecified atom stereocenters. The fraction of sp³-hybridized carbons (Fsp3) is 0.186. The highest BCUT2D eigenvalue weighted by Crippen LogP contribution is 2.41. The van der Waals surface area contributed by atoms with Gasteiger partial charge >= 0.3 is 12.2 Å². The number of unbranched alkanes of at least 4 members (excludes halogenated alkanes) is 1. The van der Waals surface area contributed by atoms with Gasteiger partial charge in [0.25, 0.3) is 0 Å². The number of ether oxygens (including phenoxy) is 2. The number of aryl methyl sites for hydroxylation is 2. The Morgan fingerprint density at radius 2 is 0.684 bits per heavy atom. The molecule has 0 heterocycles. The molecule has 0 spiro atoms. The molecule has 398 valence electrons. The van der Waals surface area contributed by atoms with Crippen molar-refractivity contribution in [3.63, 3.8) is 0 Å². The Bertz CT molecular complexity index is 3260. The summed E-state index contributed by atoms with van der Waals surface area (Å²) in [5.74, 6) is -18.8. The third-order valence-electron chi connectivity index (χ3n) is 11.9. The average Bonchev–Trinajstić information content (AvgIpc) is 3.34. The van der Waals surface area contributed by atoms with Crippen molar-refractivity contribution >= 4 is 0 Å². The van der Waals surface area contributed by atoms with Gasteiger partial charge in [-0.05, 0) is 107 Å². The Labute approximate surface area is 428 Å². The molecule has 0 radical (unpaired) electrons. The first-order valence-corrected chi connectivity index (χ1v) is 23.0. The van der Waals surface area contributed by atoms with Crippen molar-refractivity contribution in [2.75, 3.05) is 0 Å². The highest BCUT2D eigenvalue weighted by molar-refractivity contribution is 5.73. The second-order valence-corrected chi connectivity index (χ2v) is 17.2. The van der Waals surface area contributed by atoms with E-state index in [2.05, 4.69) is 16.4 Å². The zero-order chi connectivity index (χ0) is 54.5. The fourth-order valence-electron chi connectivity index (χ4n) is 7.94. The van der Waals surface area contributed by atoms with Crippen LogP contribution in [0.4, 0.5) is 65.9 Å². The van der Waals surface area contributed by atoms with E-state index in [-0.39, 0.29) is 41.8 Å². The largest absolute Gasteiger partial charge is 0.432 e. The minimum absolute atomic E-state index is 0. The van der Waals surface area contributed by atoms with E-state index < -0.39 is 104 Å². The van der Waals surface area contributed by atoms with E-state index in [1.54, 1.807) is 6.07 Å². The van der Waals surface area contributed by atoms with Crippen LogP contribution in [-0.4, -0.2) is 0 Å². The molecular weight excluding hydrogens is 1030 g/mol. The van der Waals surface area contributed by atoms with Crippen LogP contribution in [-0.2, 0) is 25.1 Å². The molecule has 0 aromatic heterocycles. The molecule has 0 atom stereocenters. The monoisotopic (exact) mass is 1070 g/mol. The lowest BCUT2D eigenvalue weighted by molar-refractivity contribution is -0.190. The normalized spacial score (nSPS) is 11.4. The zero-order valence-electron chi connectivity index (χ0n) is 39.7. The summed E-state index contributed by atoms with van der Waals surface area (Å²) >= 11 is 0. The quantitative estimate of drug-likeness (QED) is 0.0752. The Kier molecular flexibility index (Phi) is 18.1. The maximum Gasteiger partial charge on any atom is 0.432 e. The molecule has 0 amide bonds. The first-order chi connectivity index (χ1) is 35.5. The number of hydrogen-bond acceptors (Lipinski definition) is 2. The van der Waals surface area contributed by atoms with Crippen LogP contribution in [0, 0.1) is 70.9 Å². The number of hydrogen-bond donors (Lipinski definition) is 0. The fourth-order valence-corrected chi connectivity index (χ4v) is 7.94. The van der Waals surface area contributed by atoms with E-state index in [0.717, 1.165) is 61.8 Å². The van der Waals surface area contributed by atoms with Gasteiger partial charge in [0.15, 0.2) is 17.5 Å². The maximum absolute atomic E-state index is 15.0. The van der Waals surface area contributed by atoms with Gasteiger partial charge in [0.2, 0.25) is 0 Å². The molecule has 8 rings (SSSR count). The third-order valence-corrected chi connectivity index (χ3v) is 11.9. The summed E-state index contributed by atoms with van der Waals surface area (Å²) < 4.78 is 223. The number of benzene rings is 8. The van der Waals surface area contributed by atoms with Crippen LogP contribution in [0.1, 0.15) is 68.4 Å². The van der Waals surface area contributed by atoms with E-state index in [9.17, 15) is 65.9 Å². The van der Waals surface area contributed by atoms with Crippen molar-refractivity contribution in [2.45, 2.75) is 72.5 Å². The van der Waals surface area contributed by atoms with Gasteiger partial charge in [-0.25, -0.2) is 48.3 Å². The Morgan fingerprint density at radius 3 is 1.03 bits per heavy atom. The van der Waals surface area contributed by atoms with Crippen LogP contribution < -0.4 is 9.47 Å². The van der Waals surface area contributed by atoms with Crippen molar-refractivity contribution in [3.05, 3.63) is 225 Å². The standard InChI is InChI=1S/C30H23F7O.C28H18F8O.CH4/c1-3-4-5-18-6-8-19(9-7-18)20-10-11-23(26(33)12-20)21-13-27(34)29(28(35)14-21)30(36,37)38-22-15-24(31)17(2)25(32)16-22;1-2-3-15-4-6-16(7-5-15)17-8-9-20(21(29)10-17)18-11-22(30)26(23(31)12-18)28(35,36)37-19-13-24(32)27(34)25(33)14-19;/h6-16H,3-5H2,1-2H3;4-14H,2-3H2,1H3;1H4. The van der Waals surface area contributed by atoms with Gasteiger partial charge in [0.1, 0.15) is 69.2 Å². The smallest absolute Gasteiger partial charge is 0.429 e. The molecule has 76 heavy (non-hydrogen) atoms. The minimum atomic E-state index is -4.74. The summed E-state index contributed by atoms with van der Waals surface area (Å²) in [5.41, 5.74) is -0.458. The SMILES string of the molecule is C.CCCCc1ccc(-c2ccc(-c3cc(F)c(C(F)(F)Oc4cc(F)c(C)c(F)c4)c(F)c3)c(F)c2)cc1.CCCc1ccc(-c2ccc(-c3cc(F)c(C(F)(F)Oc4cc(F)c(F)c(F)c4)c(F)c3)c(F)c2)cc1. The molecule has 2 nitrogen and oxygen atoms in total. The zero-order valence-corrected chi connectivity index (χ0v) is 39.7. The van der Waals surface area contributed by atoms with Gasteiger partial charge in [0.05, 0.1) is 0 Å². The van der Waals surface area contributed by atoms with Crippen LogP contribution >= 0.6 is 0 Å². The summed E-state index contributed by atoms with van der Waals surface area (Å²) in [5, 5.41) is 0. The van der Waals surface area contributed by atoms with E-state index in [1.165, 1.54) is 24.3 Å². The first kappa shape index (κ1) is 57.6. The number of halogens is 15. The summed E-state index contributed by atoms with van der Waals surface area (Å²) in [6.07, 6.45) is -4.45.